The number of amides is 1. The first-order chi connectivity index (χ1) is 15.2. The summed E-state index contributed by atoms with van der Waals surface area (Å²) in [6, 6.07) is 14.5. The topological polar surface area (TPSA) is 70.6 Å². The van der Waals surface area contributed by atoms with Gasteiger partial charge in [-0.1, -0.05) is 64.4 Å². The van der Waals surface area contributed by atoms with E-state index in [0.29, 0.717) is 19.6 Å². The van der Waals surface area contributed by atoms with Crippen LogP contribution in [0.4, 0.5) is 11.4 Å². The highest BCUT2D eigenvalue weighted by molar-refractivity contribution is 5.90. The van der Waals surface area contributed by atoms with Crippen LogP contribution < -0.4 is 15.4 Å². The molecule has 0 atom stereocenters. The number of aromatic hydroxyl groups is 1. The maximum atomic E-state index is 12.1. The molecule has 0 spiro atoms. The van der Waals surface area contributed by atoms with Crippen molar-refractivity contribution in [2.45, 2.75) is 71.1 Å². The van der Waals surface area contributed by atoms with Gasteiger partial charge in [0.05, 0.1) is 0 Å². The zero-order chi connectivity index (χ0) is 22.2. The van der Waals surface area contributed by atoms with Crippen LogP contribution in [-0.2, 0) is 4.79 Å². The number of hydrogen-bond acceptors (Lipinski definition) is 4. The van der Waals surface area contributed by atoms with Gasteiger partial charge in [0, 0.05) is 30.4 Å². The van der Waals surface area contributed by atoms with Gasteiger partial charge in [0.15, 0.2) is 0 Å². The minimum Gasteiger partial charge on any atom is -0.508 e. The van der Waals surface area contributed by atoms with E-state index in [4.69, 9.17) is 4.74 Å². The second-order valence-electron chi connectivity index (χ2n) is 7.98. The van der Waals surface area contributed by atoms with E-state index in [2.05, 4.69) is 17.6 Å². The summed E-state index contributed by atoms with van der Waals surface area (Å²) < 4.78 is 5.71. The van der Waals surface area contributed by atoms with Crippen LogP contribution in [0.1, 0.15) is 71.1 Å². The van der Waals surface area contributed by atoms with Crippen LogP contribution in [0.2, 0.25) is 0 Å². The highest BCUT2D eigenvalue weighted by Crippen LogP contribution is 2.17. The molecule has 2 rings (SSSR count). The highest BCUT2D eigenvalue weighted by Gasteiger charge is 2.03. The molecule has 1 amide bonds. The van der Waals surface area contributed by atoms with Gasteiger partial charge in [0.1, 0.15) is 18.1 Å². The Labute approximate surface area is 187 Å². The van der Waals surface area contributed by atoms with Crippen LogP contribution in [0.3, 0.4) is 0 Å². The molecule has 0 radical (unpaired) electrons. The molecule has 31 heavy (non-hydrogen) atoms. The van der Waals surface area contributed by atoms with Gasteiger partial charge in [-0.25, -0.2) is 0 Å². The molecule has 0 aliphatic heterocycles. The Morgan fingerprint density at radius 3 is 2.23 bits per heavy atom. The van der Waals surface area contributed by atoms with E-state index in [9.17, 15) is 9.90 Å². The Kier molecular flexibility index (Phi) is 12.0. The monoisotopic (exact) mass is 426 g/mol. The van der Waals surface area contributed by atoms with Crippen LogP contribution in [-0.4, -0.2) is 24.2 Å². The number of carbonyl (C=O) groups is 1. The molecule has 0 saturated carbocycles. The molecule has 0 aliphatic carbocycles. The lowest BCUT2D eigenvalue weighted by Gasteiger charge is -2.10. The standard InChI is InChI=1S/C26H38N2O3/c1-2-3-4-5-6-7-8-9-10-14-26(30)28-22-15-17-25(18-16-22)31-20-19-27-23-12-11-13-24(29)21-23/h11-13,15-18,21,27,29H,2-10,14,19-20H2,1H3,(H,28,30). The molecule has 0 saturated heterocycles. The number of rotatable bonds is 16. The summed E-state index contributed by atoms with van der Waals surface area (Å²) in [4.78, 5) is 12.1. The van der Waals surface area contributed by atoms with Gasteiger partial charge >= 0.3 is 0 Å². The zero-order valence-electron chi connectivity index (χ0n) is 18.9. The van der Waals surface area contributed by atoms with Gasteiger partial charge in [-0.15, -0.1) is 0 Å². The van der Waals surface area contributed by atoms with Gasteiger partial charge in [0.2, 0.25) is 5.91 Å². The average molecular weight is 427 g/mol. The Bertz CT molecular complexity index is 747. The summed E-state index contributed by atoms with van der Waals surface area (Å²) in [5, 5.41) is 15.6. The number of benzene rings is 2. The first kappa shape index (κ1) is 24.6. The third-order valence-electron chi connectivity index (χ3n) is 5.19. The fraction of sp³-hybridized carbons (Fsp3) is 0.500. The first-order valence-electron chi connectivity index (χ1n) is 11.7. The molecular formula is C26H38N2O3. The van der Waals surface area contributed by atoms with E-state index < -0.39 is 0 Å². The van der Waals surface area contributed by atoms with Crippen LogP contribution >= 0.6 is 0 Å². The van der Waals surface area contributed by atoms with Crippen molar-refractivity contribution in [3.63, 3.8) is 0 Å². The van der Waals surface area contributed by atoms with Crippen LogP contribution in [0.5, 0.6) is 11.5 Å². The molecular weight excluding hydrogens is 388 g/mol. The van der Waals surface area contributed by atoms with Gasteiger partial charge in [0.25, 0.3) is 0 Å². The number of hydrogen-bond donors (Lipinski definition) is 3. The van der Waals surface area contributed by atoms with Crippen molar-refractivity contribution in [1.29, 1.82) is 0 Å². The largest absolute Gasteiger partial charge is 0.508 e. The minimum absolute atomic E-state index is 0.0759. The predicted octanol–water partition coefficient (Wildman–Crippen LogP) is 6.74. The van der Waals surface area contributed by atoms with Gasteiger partial charge in [-0.05, 0) is 42.8 Å². The lowest BCUT2D eigenvalue weighted by Crippen LogP contribution is -2.12. The predicted molar refractivity (Wildman–Crippen MR) is 129 cm³/mol. The Hall–Kier alpha value is -2.69. The first-order valence-corrected chi connectivity index (χ1v) is 11.7. The molecule has 2 aromatic rings. The Morgan fingerprint density at radius 2 is 1.55 bits per heavy atom. The normalized spacial score (nSPS) is 10.6. The average Bonchev–Trinajstić information content (AvgIpc) is 2.77. The van der Waals surface area contributed by atoms with Crippen molar-refractivity contribution in [3.8, 4) is 11.5 Å². The number of carbonyl (C=O) groups excluding carboxylic acids is 1. The molecule has 0 aliphatic rings. The summed E-state index contributed by atoms with van der Waals surface area (Å²) in [6.45, 7) is 3.37. The van der Waals surface area contributed by atoms with E-state index in [0.717, 1.165) is 30.0 Å². The van der Waals surface area contributed by atoms with Crippen molar-refractivity contribution in [1.82, 2.24) is 0 Å². The maximum absolute atomic E-state index is 12.1. The van der Waals surface area contributed by atoms with Crippen molar-refractivity contribution in [2.24, 2.45) is 0 Å². The lowest BCUT2D eigenvalue weighted by atomic mass is 10.1. The molecule has 0 aromatic heterocycles. The second kappa shape index (κ2) is 15.2. The van der Waals surface area contributed by atoms with Crippen LogP contribution in [0.25, 0.3) is 0 Å². The fourth-order valence-electron chi connectivity index (χ4n) is 3.43. The van der Waals surface area contributed by atoms with Crippen molar-refractivity contribution < 1.29 is 14.6 Å². The number of anilines is 2. The molecule has 0 heterocycles. The quantitative estimate of drug-likeness (QED) is 0.260. The summed E-state index contributed by atoms with van der Waals surface area (Å²) in [6.07, 6.45) is 11.9. The van der Waals surface area contributed by atoms with Crippen LogP contribution in [0, 0.1) is 0 Å². The summed E-state index contributed by atoms with van der Waals surface area (Å²) in [5.41, 5.74) is 1.65. The number of unbranched alkanes of at least 4 members (excludes halogenated alkanes) is 8. The summed E-state index contributed by atoms with van der Waals surface area (Å²) in [5.74, 6) is 1.07. The van der Waals surface area contributed by atoms with Gasteiger partial charge < -0.3 is 20.5 Å². The third kappa shape index (κ3) is 11.3. The van der Waals surface area contributed by atoms with E-state index >= 15 is 0 Å². The SMILES string of the molecule is CCCCCCCCCCCC(=O)Nc1ccc(OCCNc2cccc(O)c2)cc1. The van der Waals surface area contributed by atoms with Gasteiger partial charge in [-0.2, -0.15) is 0 Å². The van der Waals surface area contributed by atoms with Crippen molar-refractivity contribution >= 4 is 17.3 Å². The number of phenols is 1. The third-order valence-corrected chi connectivity index (χ3v) is 5.19. The highest BCUT2D eigenvalue weighted by atomic mass is 16.5. The lowest BCUT2D eigenvalue weighted by molar-refractivity contribution is -0.116. The Balaban J connectivity index is 1.53. The van der Waals surface area contributed by atoms with E-state index in [1.807, 2.05) is 30.3 Å². The van der Waals surface area contributed by atoms with E-state index in [1.54, 1.807) is 18.2 Å². The van der Waals surface area contributed by atoms with Gasteiger partial charge in [-0.3, -0.25) is 4.79 Å². The summed E-state index contributed by atoms with van der Waals surface area (Å²) >= 11 is 0. The number of nitrogens with one attached hydrogen (secondary N) is 2. The molecule has 5 nitrogen and oxygen atoms in total. The number of ether oxygens (including phenoxy) is 1. The fourth-order valence-corrected chi connectivity index (χ4v) is 3.43. The zero-order valence-corrected chi connectivity index (χ0v) is 18.9. The molecule has 2 aromatic carbocycles. The van der Waals surface area contributed by atoms with Crippen molar-refractivity contribution in [3.05, 3.63) is 48.5 Å². The van der Waals surface area contributed by atoms with E-state index in [-0.39, 0.29) is 11.7 Å². The number of phenolic OH excluding ortho intramolecular Hbond substituents is 1. The molecule has 3 N–H and O–H groups in total. The van der Waals surface area contributed by atoms with Crippen molar-refractivity contribution in [2.75, 3.05) is 23.8 Å². The second-order valence-corrected chi connectivity index (χ2v) is 7.98. The molecule has 0 bridgehead atoms. The molecule has 0 unspecified atom stereocenters. The smallest absolute Gasteiger partial charge is 0.224 e. The molecule has 0 fully saturated rings. The minimum atomic E-state index is 0.0759. The Morgan fingerprint density at radius 1 is 0.871 bits per heavy atom. The summed E-state index contributed by atoms with van der Waals surface area (Å²) in [7, 11) is 0. The molecule has 170 valence electrons. The maximum Gasteiger partial charge on any atom is 0.224 e. The van der Waals surface area contributed by atoms with E-state index in [1.165, 1.54) is 44.9 Å². The molecule has 5 heteroatoms. The van der Waals surface area contributed by atoms with Crippen LogP contribution in [0.15, 0.2) is 48.5 Å².